The van der Waals surface area contributed by atoms with Crippen LogP contribution < -0.4 is 0 Å². The van der Waals surface area contributed by atoms with Crippen LogP contribution in [0, 0.1) is 5.92 Å². The van der Waals surface area contributed by atoms with E-state index in [0.29, 0.717) is 124 Å². The van der Waals surface area contributed by atoms with Crippen LogP contribution in [0.3, 0.4) is 0 Å². The van der Waals surface area contributed by atoms with Gasteiger partial charge in [-0.2, -0.15) is 0 Å². The molecule has 1 unspecified atom stereocenters. The van der Waals surface area contributed by atoms with Crippen molar-refractivity contribution in [2.75, 3.05) is 118 Å². The average Bonchev–Trinajstić information content (AvgIpc) is 3.59. The molecule has 1 fully saturated rings. The fourth-order valence-electron chi connectivity index (χ4n) is 5.15. The van der Waals surface area contributed by atoms with E-state index in [1.54, 1.807) is 10.9 Å². The second-order valence-electron chi connectivity index (χ2n) is 12.9. The maximum Gasteiger partial charge on any atom is 0.325 e. The van der Waals surface area contributed by atoms with E-state index in [9.17, 15) is 19.9 Å². The largest absolute Gasteiger partial charge is 0.388 e. The zero-order valence-corrected chi connectivity index (χ0v) is 32.9. The Labute approximate surface area is 318 Å². The van der Waals surface area contributed by atoms with Crippen molar-refractivity contribution in [1.82, 2.24) is 15.0 Å². The zero-order chi connectivity index (χ0) is 39.3. The minimum Gasteiger partial charge on any atom is -0.388 e. The molecule has 0 spiro atoms. The van der Waals surface area contributed by atoms with Crippen LogP contribution in [0.25, 0.3) is 0 Å². The van der Waals surface area contributed by atoms with Gasteiger partial charge in [-0.05, 0) is 18.8 Å². The van der Waals surface area contributed by atoms with E-state index < -0.39 is 44.5 Å². The number of aromatic nitrogens is 3. The lowest BCUT2D eigenvalue weighted by atomic mass is 9.97. The van der Waals surface area contributed by atoms with Crippen molar-refractivity contribution in [2.45, 2.75) is 83.2 Å². The predicted octanol–water partition coefficient (Wildman–Crippen LogP) is 0.172. The van der Waals surface area contributed by atoms with Crippen molar-refractivity contribution in [3.63, 3.8) is 0 Å². The maximum atomic E-state index is 11.2. The van der Waals surface area contributed by atoms with Gasteiger partial charge in [-0.15, -0.1) is 5.10 Å². The van der Waals surface area contributed by atoms with Gasteiger partial charge in [0.05, 0.1) is 130 Å². The van der Waals surface area contributed by atoms with E-state index >= 15 is 0 Å². The number of rotatable bonds is 36. The standard InChI is InChI=1S/C34H66N3O16P/c1-3-4-28(2)5-9-44-12-14-46-16-18-48-20-22-50-24-25-51-23-21-49-19-17-47-15-13-45-11-8-37-27-29(35-36-37)6-10-52-34-33(40)32(39)31(38)30(53-34)7-26-54(41,42)43/h27-28,30-34,38-40H,3-26H2,1-2H3,(H2,41,42,43)/t28?,30-,31-,32+,33+,34+/m1/s1. The summed E-state index contributed by atoms with van der Waals surface area (Å²) in [6.07, 6.45) is -2.18. The first-order valence-corrected chi connectivity index (χ1v) is 20.8. The molecule has 20 heteroatoms. The molecular formula is C34H66N3O16P. The van der Waals surface area contributed by atoms with Crippen LogP contribution >= 0.6 is 7.60 Å². The lowest BCUT2D eigenvalue weighted by Gasteiger charge is -2.40. The summed E-state index contributed by atoms with van der Waals surface area (Å²) in [5.41, 5.74) is 0.611. The lowest BCUT2D eigenvalue weighted by molar-refractivity contribution is -0.296. The molecule has 0 bridgehead atoms. The summed E-state index contributed by atoms with van der Waals surface area (Å²) >= 11 is 0. The third-order valence-corrected chi connectivity index (χ3v) is 9.05. The van der Waals surface area contributed by atoms with E-state index in [4.69, 9.17) is 57.2 Å². The Morgan fingerprint density at radius 3 is 1.67 bits per heavy atom. The number of hydrogen-bond donors (Lipinski definition) is 5. The predicted molar refractivity (Wildman–Crippen MR) is 193 cm³/mol. The summed E-state index contributed by atoms with van der Waals surface area (Å²) in [4.78, 5) is 18.2. The highest BCUT2D eigenvalue weighted by molar-refractivity contribution is 7.51. The van der Waals surface area contributed by atoms with Crippen molar-refractivity contribution in [3.8, 4) is 0 Å². The van der Waals surface area contributed by atoms with Crippen molar-refractivity contribution in [3.05, 3.63) is 11.9 Å². The Morgan fingerprint density at radius 2 is 1.19 bits per heavy atom. The van der Waals surface area contributed by atoms with Crippen LogP contribution in [0.15, 0.2) is 6.20 Å². The van der Waals surface area contributed by atoms with Crippen molar-refractivity contribution < 1.29 is 77.0 Å². The smallest absolute Gasteiger partial charge is 0.325 e. The lowest BCUT2D eigenvalue weighted by Crippen LogP contribution is -2.58. The molecule has 0 saturated carbocycles. The van der Waals surface area contributed by atoms with E-state index in [2.05, 4.69) is 24.2 Å². The van der Waals surface area contributed by atoms with Crippen molar-refractivity contribution in [2.24, 2.45) is 5.92 Å². The molecule has 19 nitrogen and oxygen atoms in total. The first kappa shape index (κ1) is 48.9. The molecule has 6 atom stereocenters. The van der Waals surface area contributed by atoms with E-state index in [1.165, 1.54) is 12.8 Å². The molecule has 1 aromatic heterocycles. The molecule has 1 aromatic rings. The number of aliphatic hydroxyl groups is 3. The molecule has 0 aromatic carbocycles. The van der Waals surface area contributed by atoms with Gasteiger partial charge in [0.1, 0.15) is 18.3 Å². The molecule has 1 saturated heterocycles. The summed E-state index contributed by atoms with van der Waals surface area (Å²) in [7, 11) is -4.33. The van der Waals surface area contributed by atoms with Crippen LogP contribution in [0.4, 0.5) is 0 Å². The van der Waals surface area contributed by atoms with Crippen LogP contribution in [0.5, 0.6) is 0 Å². The van der Waals surface area contributed by atoms with Crippen LogP contribution in [-0.2, 0) is 64.9 Å². The molecule has 0 aliphatic carbocycles. The normalized spacial score (nSPS) is 21.2. The monoisotopic (exact) mass is 803 g/mol. The second kappa shape index (κ2) is 30.8. The minimum absolute atomic E-state index is 0.0537. The van der Waals surface area contributed by atoms with Gasteiger partial charge >= 0.3 is 7.60 Å². The number of ether oxygens (including phenoxy) is 10. The van der Waals surface area contributed by atoms with Gasteiger partial charge in [0.25, 0.3) is 0 Å². The van der Waals surface area contributed by atoms with Gasteiger partial charge in [0, 0.05) is 19.2 Å². The fraction of sp³-hybridized carbons (Fsp3) is 0.941. The summed E-state index contributed by atoms with van der Waals surface area (Å²) in [5.74, 6) is 0.716. The van der Waals surface area contributed by atoms with Crippen molar-refractivity contribution >= 4 is 7.60 Å². The highest BCUT2D eigenvalue weighted by atomic mass is 31.2. The van der Waals surface area contributed by atoms with E-state index in [1.807, 2.05) is 0 Å². The summed E-state index contributed by atoms with van der Waals surface area (Å²) < 4.78 is 67.9. The maximum absolute atomic E-state index is 11.2. The zero-order valence-electron chi connectivity index (χ0n) is 32.0. The SMILES string of the molecule is CCCC(C)CCOCCOCCOCCOCCOCCOCCOCCOCCn1cc(CCO[C@H]2O[C@H](CCP(=O)(O)O)[C@@H](O)[C@H](O)[C@@H]2O)nn1. The molecule has 1 aliphatic rings. The molecule has 2 heterocycles. The molecule has 318 valence electrons. The Bertz CT molecular complexity index is 1070. The molecule has 5 N–H and O–H groups in total. The van der Waals surface area contributed by atoms with Gasteiger partial charge in [-0.25, -0.2) is 4.68 Å². The summed E-state index contributed by atoms with van der Waals surface area (Å²) in [5, 5.41) is 38.5. The molecule has 54 heavy (non-hydrogen) atoms. The molecule has 2 rings (SSSR count). The summed E-state index contributed by atoms with van der Waals surface area (Å²) in [6, 6.07) is 0. The van der Waals surface area contributed by atoms with Gasteiger partial charge in [-0.1, -0.05) is 31.9 Å². The quantitative estimate of drug-likeness (QED) is 0.0449. The number of nitrogens with zero attached hydrogens (tertiary/aromatic N) is 3. The third-order valence-electron chi connectivity index (χ3n) is 8.21. The van der Waals surface area contributed by atoms with Crippen LogP contribution in [-0.4, -0.2) is 189 Å². The highest BCUT2D eigenvalue weighted by Gasteiger charge is 2.44. The van der Waals surface area contributed by atoms with Gasteiger partial charge in [-0.3, -0.25) is 4.57 Å². The topological polar surface area (TPSA) is 241 Å². The van der Waals surface area contributed by atoms with Crippen molar-refractivity contribution in [1.29, 1.82) is 0 Å². The Kier molecular flexibility index (Phi) is 27.9. The van der Waals surface area contributed by atoms with E-state index in [0.717, 1.165) is 13.0 Å². The highest BCUT2D eigenvalue weighted by Crippen LogP contribution is 2.37. The Hall–Kier alpha value is -1.23. The van der Waals surface area contributed by atoms with Gasteiger partial charge in [0.15, 0.2) is 6.29 Å². The number of aliphatic hydroxyl groups excluding tert-OH is 3. The first-order valence-electron chi connectivity index (χ1n) is 19.0. The molecule has 1 aliphatic heterocycles. The van der Waals surface area contributed by atoms with E-state index in [-0.39, 0.29) is 13.0 Å². The summed E-state index contributed by atoms with van der Waals surface area (Å²) in [6.45, 7) is 13.1. The fourth-order valence-corrected chi connectivity index (χ4v) is 5.74. The third kappa shape index (κ3) is 24.4. The molecule has 0 amide bonds. The molecular weight excluding hydrogens is 737 g/mol. The Balaban J connectivity index is 1.31. The van der Waals surface area contributed by atoms with Crippen LogP contribution in [0.1, 0.15) is 45.2 Å². The van der Waals surface area contributed by atoms with Gasteiger partial charge in [0.2, 0.25) is 0 Å². The van der Waals surface area contributed by atoms with Crippen LogP contribution in [0.2, 0.25) is 0 Å². The average molecular weight is 804 g/mol. The molecule has 0 radical (unpaired) electrons. The minimum atomic E-state index is -4.33. The number of hydrogen-bond acceptors (Lipinski definition) is 16. The van der Waals surface area contributed by atoms with Gasteiger partial charge < -0.3 is 72.5 Å². The Morgan fingerprint density at radius 1 is 0.704 bits per heavy atom. The first-order chi connectivity index (χ1) is 26.1. The second-order valence-corrected chi connectivity index (χ2v) is 14.6.